The summed E-state index contributed by atoms with van der Waals surface area (Å²) in [6.07, 6.45) is 0. The number of rotatable bonds is 4. The molecule has 0 amide bonds. The summed E-state index contributed by atoms with van der Waals surface area (Å²) in [5, 5.41) is 9.45. The van der Waals surface area contributed by atoms with Crippen molar-refractivity contribution in [2.75, 3.05) is 31.1 Å². The van der Waals surface area contributed by atoms with Crippen LogP contribution in [0, 0.1) is 0 Å². The Hall–Kier alpha value is -1.44. The number of carboxylic acids is 1. The smallest absolute Gasteiger partial charge is 0.329 e. The predicted molar refractivity (Wildman–Crippen MR) is 75.0 cm³/mol. The highest BCUT2D eigenvalue weighted by Gasteiger charge is 2.39. The van der Waals surface area contributed by atoms with Gasteiger partial charge in [0.1, 0.15) is 0 Å². The molecule has 20 heavy (non-hydrogen) atoms. The van der Waals surface area contributed by atoms with Crippen LogP contribution < -0.4 is 5.73 Å². The monoisotopic (exact) mass is 298 g/mol. The van der Waals surface area contributed by atoms with E-state index in [1.165, 1.54) is 0 Å². The van der Waals surface area contributed by atoms with Crippen molar-refractivity contribution in [1.29, 1.82) is 0 Å². The van der Waals surface area contributed by atoms with Crippen LogP contribution in [-0.2, 0) is 20.2 Å². The Morgan fingerprint density at radius 1 is 1.25 bits per heavy atom. The zero-order chi connectivity index (χ0) is 14.8. The highest BCUT2D eigenvalue weighted by molar-refractivity contribution is 7.91. The minimum atomic E-state index is -2.99. The van der Waals surface area contributed by atoms with Gasteiger partial charge in [0, 0.05) is 19.6 Å². The lowest BCUT2D eigenvalue weighted by Crippen LogP contribution is -2.56. The zero-order valence-electron chi connectivity index (χ0n) is 11.0. The fourth-order valence-corrected chi connectivity index (χ4v) is 3.56. The van der Waals surface area contributed by atoms with Gasteiger partial charge < -0.3 is 10.8 Å². The minimum absolute atomic E-state index is 0.0531. The first kappa shape index (κ1) is 15.0. The van der Waals surface area contributed by atoms with Crippen LogP contribution in [0.5, 0.6) is 0 Å². The van der Waals surface area contributed by atoms with Crippen molar-refractivity contribution in [1.82, 2.24) is 4.90 Å². The number of benzene rings is 1. The first-order valence-corrected chi connectivity index (χ1v) is 8.16. The molecule has 0 aromatic heterocycles. The van der Waals surface area contributed by atoms with Crippen molar-refractivity contribution in [2.45, 2.75) is 5.54 Å². The van der Waals surface area contributed by atoms with Crippen molar-refractivity contribution in [2.24, 2.45) is 5.73 Å². The summed E-state index contributed by atoms with van der Waals surface area (Å²) in [7, 11) is -2.99. The van der Waals surface area contributed by atoms with Gasteiger partial charge in [0.2, 0.25) is 0 Å². The van der Waals surface area contributed by atoms with Crippen molar-refractivity contribution < 1.29 is 18.3 Å². The van der Waals surface area contributed by atoms with Gasteiger partial charge in [0.15, 0.2) is 15.4 Å². The molecule has 1 aliphatic heterocycles. The van der Waals surface area contributed by atoms with E-state index in [1.807, 2.05) is 0 Å². The minimum Gasteiger partial charge on any atom is -0.480 e. The Labute approximate surface area is 118 Å². The van der Waals surface area contributed by atoms with Gasteiger partial charge in [-0.15, -0.1) is 0 Å². The third kappa shape index (κ3) is 3.17. The van der Waals surface area contributed by atoms with Gasteiger partial charge in [-0.1, -0.05) is 30.3 Å². The maximum Gasteiger partial charge on any atom is 0.329 e. The summed E-state index contributed by atoms with van der Waals surface area (Å²) >= 11 is 0. The molecule has 0 saturated carbocycles. The lowest BCUT2D eigenvalue weighted by atomic mass is 9.90. The zero-order valence-corrected chi connectivity index (χ0v) is 11.8. The molecule has 0 radical (unpaired) electrons. The van der Waals surface area contributed by atoms with Crippen LogP contribution in [0.4, 0.5) is 0 Å². The summed E-state index contributed by atoms with van der Waals surface area (Å²) < 4.78 is 22.8. The summed E-state index contributed by atoms with van der Waals surface area (Å²) in [5.41, 5.74) is 5.06. The van der Waals surface area contributed by atoms with Gasteiger partial charge in [-0.05, 0) is 5.56 Å². The lowest BCUT2D eigenvalue weighted by molar-refractivity contribution is -0.144. The number of nitrogens with zero attached hydrogens (tertiary/aromatic N) is 1. The SMILES string of the molecule is NC(CN1CCS(=O)(=O)CC1)(C(=O)O)c1ccccc1. The Morgan fingerprint density at radius 2 is 1.80 bits per heavy atom. The number of aliphatic carboxylic acids is 1. The Morgan fingerprint density at radius 3 is 2.30 bits per heavy atom. The van der Waals surface area contributed by atoms with E-state index in [9.17, 15) is 18.3 Å². The molecule has 1 unspecified atom stereocenters. The van der Waals surface area contributed by atoms with E-state index in [0.29, 0.717) is 18.7 Å². The third-order valence-electron chi connectivity index (χ3n) is 3.58. The van der Waals surface area contributed by atoms with Gasteiger partial charge in [0.25, 0.3) is 0 Å². The molecule has 1 saturated heterocycles. The van der Waals surface area contributed by atoms with Crippen LogP contribution in [0.15, 0.2) is 30.3 Å². The molecule has 1 aliphatic rings. The molecule has 0 spiro atoms. The maximum absolute atomic E-state index is 11.6. The topological polar surface area (TPSA) is 101 Å². The summed E-state index contributed by atoms with van der Waals surface area (Å²) in [6, 6.07) is 8.62. The second kappa shape index (κ2) is 5.51. The first-order valence-electron chi connectivity index (χ1n) is 6.34. The largest absolute Gasteiger partial charge is 0.480 e. The molecular formula is C13H18N2O4S. The average Bonchev–Trinajstić information content (AvgIpc) is 2.42. The van der Waals surface area contributed by atoms with Crippen molar-refractivity contribution in [3.8, 4) is 0 Å². The van der Waals surface area contributed by atoms with Gasteiger partial charge in [-0.3, -0.25) is 4.90 Å². The van der Waals surface area contributed by atoms with E-state index in [4.69, 9.17) is 5.73 Å². The lowest BCUT2D eigenvalue weighted by Gasteiger charge is -2.34. The molecule has 1 fully saturated rings. The van der Waals surface area contributed by atoms with E-state index < -0.39 is 21.3 Å². The number of hydrogen-bond donors (Lipinski definition) is 2. The van der Waals surface area contributed by atoms with Crippen LogP contribution >= 0.6 is 0 Å². The van der Waals surface area contributed by atoms with Gasteiger partial charge in [-0.2, -0.15) is 0 Å². The Bertz CT molecular complexity index is 574. The van der Waals surface area contributed by atoms with Crippen LogP contribution in [0.2, 0.25) is 0 Å². The van der Waals surface area contributed by atoms with Gasteiger partial charge >= 0.3 is 5.97 Å². The number of sulfone groups is 1. The number of nitrogens with two attached hydrogens (primary N) is 1. The van der Waals surface area contributed by atoms with E-state index in [0.717, 1.165) is 0 Å². The summed E-state index contributed by atoms with van der Waals surface area (Å²) in [4.78, 5) is 13.3. The maximum atomic E-state index is 11.6. The molecule has 2 rings (SSSR count). The second-order valence-electron chi connectivity index (χ2n) is 5.07. The van der Waals surface area contributed by atoms with Crippen molar-refractivity contribution in [3.05, 3.63) is 35.9 Å². The van der Waals surface area contributed by atoms with Crippen LogP contribution in [0.3, 0.4) is 0 Å². The molecule has 0 aliphatic carbocycles. The first-order chi connectivity index (χ1) is 9.33. The van der Waals surface area contributed by atoms with Crippen molar-refractivity contribution in [3.63, 3.8) is 0 Å². The third-order valence-corrected chi connectivity index (χ3v) is 5.19. The molecule has 1 heterocycles. The molecule has 6 nitrogen and oxygen atoms in total. The average molecular weight is 298 g/mol. The van der Waals surface area contributed by atoms with Gasteiger partial charge in [-0.25, -0.2) is 13.2 Å². The number of hydrogen-bond acceptors (Lipinski definition) is 5. The fourth-order valence-electron chi connectivity index (χ4n) is 2.28. The highest BCUT2D eigenvalue weighted by Crippen LogP contribution is 2.21. The van der Waals surface area contributed by atoms with Crippen LogP contribution in [-0.4, -0.2) is 55.5 Å². The Kier molecular flexibility index (Phi) is 4.12. The highest BCUT2D eigenvalue weighted by atomic mass is 32.2. The quantitative estimate of drug-likeness (QED) is 0.788. The van der Waals surface area contributed by atoms with E-state index in [1.54, 1.807) is 35.2 Å². The van der Waals surface area contributed by atoms with Crippen LogP contribution in [0.1, 0.15) is 5.56 Å². The molecule has 7 heteroatoms. The van der Waals surface area contributed by atoms with E-state index >= 15 is 0 Å². The molecule has 110 valence electrons. The molecule has 1 aromatic rings. The number of carbonyl (C=O) groups is 1. The van der Waals surface area contributed by atoms with Crippen LogP contribution in [0.25, 0.3) is 0 Å². The van der Waals surface area contributed by atoms with Gasteiger partial charge in [0.05, 0.1) is 11.5 Å². The standard InChI is InChI=1S/C13H18N2O4S/c14-13(12(16)17,11-4-2-1-3-5-11)10-15-6-8-20(18,19)9-7-15/h1-5H,6-10,14H2,(H,16,17). The molecule has 1 atom stereocenters. The molecule has 1 aromatic carbocycles. The van der Waals surface area contributed by atoms with E-state index in [2.05, 4.69) is 0 Å². The number of carboxylic acid groups (broad SMARTS) is 1. The van der Waals surface area contributed by atoms with Crippen molar-refractivity contribution >= 4 is 15.8 Å². The molecule has 0 bridgehead atoms. The normalized spacial score (nSPS) is 22.1. The fraction of sp³-hybridized carbons (Fsp3) is 0.462. The van der Waals surface area contributed by atoms with E-state index in [-0.39, 0.29) is 18.1 Å². The second-order valence-corrected chi connectivity index (χ2v) is 7.37. The summed E-state index contributed by atoms with van der Waals surface area (Å²) in [6.45, 7) is 0.741. The Balaban J connectivity index is 2.17. The summed E-state index contributed by atoms with van der Waals surface area (Å²) in [5.74, 6) is -1.01. The molecular weight excluding hydrogens is 280 g/mol. The molecule has 3 N–H and O–H groups in total. The predicted octanol–water partition coefficient (Wildman–Crippen LogP) is -0.344.